The molecule has 0 aromatic carbocycles. The van der Waals surface area contributed by atoms with E-state index in [0.717, 1.165) is 41.5 Å². The first kappa shape index (κ1) is 88.5. The summed E-state index contributed by atoms with van der Waals surface area (Å²) in [5.41, 5.74) is 0. The van der Waals surface area contributed by atoms with Gasteiger partial charge in [-0.1, -0.05) is 0 Å². The van der Waals surface area contributed by atoms with Crippen molar-refractivity contribution in [3.63, 3.8) is 0 Å². The molecule has 3 radical (unpaired) electrons. The predicted molar refractivity (Wildman–Crippen MR) is 75.6 cm³/mol. The molecular formula is C12H24Fe3O16+. The minimum Gasteiger partial charge on any atom is -2.00 e. The predicted octanol–water partition coefficient (Wildman–Crippen LogP) is -10.1. The van der Waals surface area contributed by atoms with E-state index in [2.05, 4.69) is 0 Å². The van der Waals surface area contributed by atoms with Crippen LogP contribution in [0.1, 0.15) is 41.5 Å². The molecule has 0 atom stereocenters. The Hall–Kier alpha value is -1.78. The van der Waals surface area contributed by atoms with Crippen molar-refractivity contribution in [1.29, 1.82) is 0 Å². The number of hydrogen-bond acceptors (Lipinski definition) is 12. The van der Waals surface area contributed by atoms with Crippen molar-refractivity contribution < 1.29 is 133 Å². The summed E-state index contributed by atoms with van der Waals surface area (Å²) in [4.78, 5) is 53.3. The summed E-state index contributed by atoms with van der Waals surface area (Å²) in [5, 5.41) is 53.3. The van der Waals surface area contributed by atoms with E-state index in [0.29, 0.717) is 0 Å². The first-order valence-electron chi connectivity index (χ1n) is 5.45. The second-order valence-electron chi connectivity index (χ2n) is 2.95. The zero-order chi connectivity index (χ0) is 21.5. The van der Waals surface area contributed by atoms with E-state index in [1.54, 1.807) is 0 Å². The van der Waals surface area contributed by atoms with E-state index in [-0.39, 0.29) is 73.1 Å². The number of carbonyl (C=O) groups excluding carboxylic acids is 6. The maximum Gasteiger partial charge on any atom is 3.00 e. The van der Waals surface area contributed by atoms with Gasteiger partial charge in [-0.25, -0.2) is 0 Å². The Kier molecular flexibility index (Phi) is 227. The largest absolute Gasteiger partial charge is 3.00 e. The van der Waals surface area contributed by atoms with Crippen LogP contribution in [-0.2, 0) is 85.4 Å². The summed E-state index contributed by atoms with van der Waals surface area (Å²) < 4.78 is 0. The fourth-order valence-electron chi connectivity index (χ4n) is 0. The molecule has 0 aromatic rings. The van der Waals surface area contributed by atoms with Gasteiger partial charge in [0.1, 0.15) is 0 Å². The van der Waals surface area contributed by atoms with Gasteiger partial charge in [-0.3, -0.25) is 0 Å². The van der Waals surface area contributed by atoms with Crippen LogP contribution in [0.4, 0.5) is 0 Å². The summed E-state index contributed by atoms with van der Waals surface area (Å²) in [6, 6.07) is 0. The van der Waals surface area contributed by atoms with Crippen LogP contribution in [-0.4, -0.2) is 52.2 Å². The van der Waals surface area contributed by atoms with E-state index < -0.39 is 35.8 Å². The van der Waals surface area contributed by atoms with E-state index in [9.17, 15) is 0 Å². The Morgan fingerprint density at radius 2 is 0.355 bits per heavy atom. The van der Waals surface area contributed by atoms with Gasteiger partial charge in [-0.05, 0) is 41.5 Å². The number of rotatable bonds is 0. The van der Waals surface area contributed by atoms with Gasteiger partial charge in [0.05, 0.1) is 0 Å². The van der Waals surface area contributed by atoms with Crippen molar-refractivity contribution in [2.24, 2.45) is 0 Å². The zero-order valence-electron chi connectivity index (χ0n) is 16.9. The Morgan fingerprint density at radius 3 is 0.355 bits per heavy atom. The van der Waals surface area contributed by atoms with Crippen LogP contribution >= 0.6 is 0 Å². The molecular weight excluding hydrogens is 568 g/mol. The molecule has 31 heavy (non-hydrogen) atoms. The third-order valence-electron chi connectivity index (χ3n) is 0. The van der Waals surface area contributed by atoms with E-state index in [1.807, 2.05) is 0 Å². The summed E-state index contributed by atoms with van der Waals surface area (Å²) in [7, 11) is 0. The molecule has 19 heteroatoms. The van der Waals surface area contributed by atoms with Crippen LogP contribution in [0.15, 0.2) is 0 Å². The van der Waals surface area contributed by atoms with Gasteiger partial charge < -0.3 is 81.3 Å². The van der Waals surface area contributed by atoms with Crippen LogP contribution in [0, 0.1) is 0 Å². The molecule has 16 nitrogen and oxygen atoms in total. The number of carboxylic acid groups (broad SMARTS) is 6. The average molecular weight is 592 g/mol. The molecule has 0 bridgehead atoms. The van der Waals surface area contributed by atoms with Crippen molar-refractivity contribution in [2.45, 2.75) is 41.5 Å². The maximum atomic E-state index is 8.89. The monoisotopic (exact) mass is 592 g/mol. The molecule has 0 amide bonds. The molecule has 0 saturated heterocycles. The van der Waals surface area contributed by atoms with Crippen LogP contribution < -0.4 is 30.6 Å². The van der Waals surface area contributed by atoms with Crippen LogP contribution in [0.3, 0.4) is 0 Å². The normalized spacial score (nSPS) is 4.84. The summed E-state index contributed by atoms with van der Waals surface area (Å²) in [5.74, 6) is -6.50. The van der Waals surface area contributed by atoms with Gasteiger partial charge in [0.15, 0.2) is 0 Å². The Morgan fingerprint density at radius 1 is 0.355 bits per heavy atom. The average Bonchev–Trinajstić information content (AvgIpc) is 2.08. The summed E-state index contributed by atoms with van der Waals surface area (Å²) >= 11 is 0. The van der Waals surface area contributed by atoms with Gasteiger partial charge in [0.2, 0.25) is 0 Å². The summed E-state index contributed by atoms with van der Waals surface area (Å²) in [6.45, 7) is 5.83. The minimum absolute atomic E-state index is 0. The fourth-order valence-corrected chi connectivity index (χ4v) is 0. The molecule has 0 heterocycles. The Bertz CT molecular complexity index is 273. The van der Waals surface area contributed by atoms with Crippen molar-refractivity contribution in [2.75, 3.05) is 0 Å². The molecule has 0 saturated carbocycles. The van der Waals surface area contributed by atoms with Gasteiger partial charge in [-0.2, -0.15) is 0 Å². The van der Waals surface area contributed by atoms with Gasteiger partial charge >= 0.3 is 51.2 Å². The van der Waals surface area contributed by atoms with Crippen molar-refractivity contribution in [1.82, 2.24) is 0 Å². The molecule has 0 aliphatic rings. The number of hydrogen-bond donors (Lipinski definition) is 0. The Labute approximate surface area is 209 Å². The molecule has 0 spiro atoms. The second-order valence-corrected chi connectivity index (χ2v) is 2.95. The SMILES string of the molecule is CC(=O)[O-].CC(=O)[O-].CC(=O)[O-].CC(=O)[O-].CC(=O)[O-].CC(=O)[O-].O.O.O.[Fe+3].[Fe+3].[Fe+3].[O-2]. The smallest absolute Gasteiger partial charge is 2.00 e. The molecule has 0 unspecified atom stereocenters. The fraction of sp³-hybridized carbons (Fsp3) is 0.500. The van der Waals surface area contributed by atoms with Gasteiger partial charge in [-0.15, -0.1) is 0 Å². The molecule has 0 aliphatic carbocycles. The number of carboxylic acids is 6. The van der Waals surface area contributed by atoms with Crippen LogP contribution in [0.25, 0.3) is 0 Å². The molecule has 0 aliphatic heterocycles. The number of carbonyl (C=O) groups is 6. The standard InChI is InChI=1S/6C2H4O2.3Fe.3H2O.O/c6*1-2(3)4;;;;;;;/h6*1H3,(H,3,4);;;;3*1H2;/q;;;;;;3*+3;;;;-2/p-6. The quantitative estimate of drug-likeness (QED) is 0.237. The molecule has 0 rings (SSSR count). The maximum absolute atomic E-state index is 8.89. The molecule has 6 N–H and O–H groups in total. The van der Waals surface area contributed by atoms with Crippen LogP contribution in [0.2, 0.25) is 0 Å². The van der Waals surface area contributed by atoms with E-state index in [1.165, 1.54) is 0 Å². The van der Waals surface area contributed by atoms with Crippen LogP contribution in [0.5, 0.6) is 0 Å². The van der Waals surface area contributed by atoms with Crippen molar-refractivity contribution >= 4 is 35.8 Å². The molecule has 0 fully saturated rings. The minimum atomic E-state index is -1.08. The van der Waals surface area contributed by atoms with Crippen molar-refractivity contribution in [3.8, 4) is 0 Å². The summed E-state index contributed by atoms with van der Waals surface area (Å²) in [6.07, 6.45) is 0. The van der Waals surface area contributed by atoms with Crippen molar-refractivity contribution in [3.05, 3.63) is 0 Å². The third-order valence-corrected chi connectivity index (χ3v) is 0. The second kappa shape index (κ2) is 79.5. The number of aliphatic carboxylic acids is 6. The molecule has 0 aromatic heterocycles. The topological polar surface area (TPSA) is 364 Å². The zero-order valence-corrected chi connectivity index (χ0v) is 20.2. The first-order chi connectivity index (χ1) is 10.4. The van der Waals surface area contributed by atoms with E-state index in [4.69, 9.17) is 59.4 Å². The van der Waals surface area contributed by atoms with E-state index >= 15 is 0 Å². The van der Waals surface area contributed by atoms with Gasteiger partial charge in [0, 0.05) is 35.8 Å². The first-order valence-corrected chi connectivity index (χ1v) is 5.45. The van der Waals surface area contributed by atoms with Gasteiger partial charge in [0.25, 0.3) is 0 Å². The Balaban J connectivity index is -0.0000000109. The molecule has 191 valence electrons. The third kappa shape index (κ3) is 6110.